The first-order valence-electron chi connectivity index (χ1n) is 6.21. The molecular weight excluding hydrogens is 285 g/mol. The molecule has 1 heterocycles. The third-order valence-corrected chi connectivity index (χ3v) is 3.43. The Morgan fingerprint density at radius 1 is 1.47 bits per heavy atom. The van der Waals surface area contributed by atoms with Gasteiger partial charge in [0.25, 0.3) is 5.91 Å². The van der Waals surface area contributed by atoms with Gasteiger partial charge in [0.05, 0.1) is 10.6 Å². The molecule has 0 aliphatic carbocycles. The lowest BCUT2D eigenvalue weighted by molar-refractivity contribution is 0.0951. The highest BCUT2D eigenvalue weighted by Gasteiger charge is 2.11. The lowest BCUT2D eigenvalue weighted by Crippen LogP contribution is -2.31. The van der Waals surface area contributed by atoms with Gasteiger partial charge in [-0.25, -0.2) is 4.98 Å². The van der Waals surface area contributed by atoms with E-state index in [1.165, 1.54) is 12.3 Å². The normalized spacial score (nSPS) is 11.1. The second-order valence-electron chi connectivity index (χ2n) is 4.67. The maximum Gasteiger partial charge on any atom is 0.252 e. The Kier molecular flexibility index (Phi) is 6.55. The van der Waals surface area contributed by atoms with Gasteiger partial charge in [0, 0.05) is 18.8 Å². The second kappa shape index (κ2) is 7.68. The summed E-state index contributed by atoms with van der Waals surface area (Å²) in [5, 5.41) is 3.39. The largest absolute Gasteiger partial charge is 0.352 e. The summed E-state index contributed by atoms with van der Waals surface area (Å²) in [6.45, 7) is 5.81. The van der Waals surface area contributed by atoms with Crippen molar-refractivity contribution in [2.45, 2.75) is 26.3 Å². The van der Waals surface area contributed by atoms with Crippen LogP contribution in [0.3, 0.4) is 0 Å². The summed E-state index contributed by atoms with van der Waals surface area (Å²) in [6.07, 6.45) is 2.27. The van der Waals surface area contributed by atoms with Crippen LogP contribution in [0.5, 0.6) is 0 Å². The molecule has 1 rings (SSSR count). The van der Waals surface area contributed by atoms with E-state index in [1.807, 2.05) is 0 Å². The van der Waals surface area contributed by atoms with E-state index in [0.29, 0.717) is 23.2 Å². The fraction of sp³-hybridized carbons (Fsp3) is 0.538. The molecule has 0 spiro atoms. The number of halogens is 2. The Balaban J connectivity index is 2.41. The smallest absolute Gasteiger partial charge is 0.252 e. The molecule has 0 aromatic carbocycles. The molecule has 1 amide bonds. The van der Waals surface area contributed by atoms with Crippen molar-refractivity contribution in [3.63, 3.8) is 0 Å². The highest BCUT2D eigenvalue weighted by atomic mass is 35.5. The van der Waals surface area contributed by atoms with E-state index < -0.39 is 0 Å². The van der Waals surface area contributed by atoms with Crippen molar-refractivity contribution in [3.05, 3.63) is 28.0 Å². The minimum Gasteiger partial charge on any atom is -0.352 e. The Morgan fingerprint density at radius 2 is 2.16 bits per heavy atom. The minimum atomic E-state index is -0.221. The van der Waals surface area contributed by atoms with Crippen molar-refractivity contribution in [2.24, 2.45) is 0 Å². The molecular formula is C13H19Cl2N3O. The first-order valence-corrected chi connectivity index (χ1v) is 6.97. The molecule has 4 nitrogen and oxygen atoms in total. The van der Waals surface area contributed by atoms with E-state index in [0.717, 1.165) is 13.0 Å². The molecule has 0 fully saturated rings. The van der Waals surface area contributed by atoms with Crippen LogP contribution in [0.15, 0.2) is 12.3 Å². The van der Waals surface area contributed by atoms with Gasteiger partial charge in [-0.1, -0.05) is 23.2 Å². The van der Waals surface area contributed by atoms with Gasteiger partial charge >= 0.3 is 0 Å². The van der Waals surface area contributed by atoms with E-state index in [1.54, 1.807) is 0 Å². The highest BCUT2D eigenvalue weighted by molar-refractivity contribution is 6.35. The maximum atomic E-state index is 11.9. The topological polar surface area (TPSA) is 45.2 Å². The van der Waals surface area contributed by atoms with Crippen molar-refractivity contribution >= 4 is 29.1 Å². The average Bonchev–Trinajstić information content (AvgIpc) is 2.36. The number of aromatic nitrogens is 1. The van der Waals surface area contributed by atoms with E-state index in [4.69, 9.17) is 23.2 Å². The van der Waals surface area contributed by atoms with Crippen molar-refractivity contribution in [3.8, 4) is 0 Å². The van der Waals surface area contributed by atoms with Crippen LogP contribution in [-0.2, 0) is 0 Å². The molecule has 0 saturated carbocycles. The predicted octanol–water partition coefficient (Wildman–Crippen LogP) is 2.85. The van der Waals surface area contributed by atoms with E-state index in [2.05, 4.69) is 36.1 Å². The van der Waals surface area contributed by atoms with Gasteiger partial charge in [0.2, 0.25) is 0 Å². The molecule has 1 aromatic rings. The Bertz CT molecular complexity index is 438. The summed E-state index contributed by atoms with van der Waals surface area (Å²) in [5.74, 6) is -0.221. The van der Waals surface area contributed by atoms with Crippen LogP contribution in [-0.4, -0.2) is 42.0 Å². The summed E-state index contributed by atoms with van der Waals surface area (Å²) in [7, 11) is 2.06. The van der Waals surface area contributed by atoms with Gasteiger partial charge in [-0.2, -0.15) is 0 Å². The van der Waals surface area contributed by atoms with Crippen LogP contribution < -0.4 is 5.32 Å². The summed E-state index contributed by atoms with van der Waals surface area (Å²) in [4.78, 5) is 17.9. The van der Waals surface area contributed by atoms with E-state index >= 15 is 0 Å². The van der Waals surface area contributed by atoms with Gasteiger partial charge < -0.3 is 10.2 Å². The standard InChI is InChI=1S/C13H19Cl2N3O/c1-9(2)18(3)6-4-5-16-13(19)10-7-12(15)17-8-11(10)14/h7-9H,4-6H2,1-3H3,(H,16,19). The lowest BCUT2D eigenvalue weighted by atomic mass is 10.2. The van der Waals surface area contributed by atoms with E-state index in [-0.39, 0.29) is 11.1 Å². The molecule has 0 saturated heterocycles. The van der Waals surface area contributed by atoms with Crippen LogP contribution in [0, 0.1) is 0 Å². The zero-order valence-corrected chi connectivity index (χ0v) is 12.9. The van der Waals surface area contributed by atoms with Crippen molar-refractivity contribution in [1.82, 2.24) is 15.2 Å². The number of pyridine rings is 1. The lowest BCUT2D eigenvalue weighted by Gasteiger charge is -2.20. The molecule has 0 aliphatic heterocycles. The quantitative estimate of drug-likeness (QED) is 0.649. The van der Waals surface area contributed by atoms with Crippen LogP contribution in [0.4, 0.5) is 0 Å². The predicted molar refractivity (Wildman–Crippen MR) is 79.0 cm³/mol. The average molecular weight is 304 g/mol. The molecule has 1 N–H and O–H groups in total. The molecule has 0 radical (unpaired) electrons. The molecule has 19 heavy (non-hydrogen) atoms. The Labute approximate surface area is 124 Å². The monoisotopic (exact) mass is 303 g/mol. The van der Waals surface area contributed by atoms with Gasteiger partial charge in [-0.15, -0.1) is 0 Å². The van der Waals surface area contributed by atoms with Crippen molar-refractivity contribution in [2.75, 3.05) is 20.1 Å². The minimum absolute atomic E-state index is 0.221. The molecule has 0 unspecified atom stereocenters. The molecule has 0 aliphatic rings. The molecule has 1 aromatic heterocycles. The number of nitrogens with zero attached hydrogens (tertiary/aromatic N) is 2. The summed E-state index contributed by atoms with van der Waals surface area (Å²) in [6, 6.07) is 1.98. The number of hydrogen-bond acceptors (Lipinski definition) is 3. The van der Waals surface area contributed by atoms with Crippen LogP contribution in [0.25, 0.3) is 0 Å². The fourth-order valence-electron chi connectivity index (χ4n) is 1.47. The van der Waals surface area contributed by atoms with Gasteiger partial charge in [0.1, 0.15) is 5.15 Å². The molecule has 0 bridgehead atoms. The fourth-order valence-corrected chi connectivity index (χ4v) is 1.82. The van der Waals surface area contributed by atoms with Crippen LogP contribution >= 0.6 is 23.2 Å². The second-order valence-corrected chi connectivity index (χ2v) is 5.47. The van der Waals surface area contributed by atoms with Crippen LogP contribution in [0.1, 0.15) is 30.6 Å². The number of carbonyl (C=O) groups is 1. The zero-order valence-electron chi connectivity index (χ0n) is 11.4. The summed E-state index contributed by atoms with van der Waals surface area (Å²) < 4.78 is 0. The summed E-state index contributed by atoms with van der Waals surface area (Å²) in [5.41, 5.74) is 0.360. The third kappa shape index (κ3) is 5.35. The highest BCUT2D eigenvalue weighted by Crippen LogP contribution is 2.17. The van der Waals surface area contributed by atoms with Crippen LogP contribution in [0.2, 0.25) is 10.2 Å². The molecule has 6 heteroatoms. The van der Waals surface area contributed by atoms with Gasteiger partial charge in [-0.05, 0) is 39.9 Å². The zero-order chi connectivity index (χ0) is 14.4. The number of nitrogens with one attached hydrogen (secondary N) is 1. The summed E-state index contributed by atoms with van der Waals surface area (Å²) >= 11 is 11.6. The number of rotatable bonds is 6. The van der Waals surface area contributed by atoms with Crippen molar-refractivity contribution < 1.29 is 4.79 Å². The first-order chi connectivity index (χ1) is 8.91. The number of hydrogen-bond donors (Lipinski definition) is 1. The van der Waals surface area contributed by atoms with Crippen molar-refractivity contribution in [1.29, 1.82) is 0 Å². The Morgan fingerprint density at radius 3 is 2.79 bits per heavy atom. The number of carbonyl (C=O) groups excluding carboxylic acids is 1. The van der Waals surface area contributed by atoms with Gasteiger partial charge in [0.15, 0.2) is 0 Å². The third-order valence-electron chi connectivity index (χ3n) is 2.92. The first kappa shape index (κ1) is 16.2. The van der Waals surface area contributed by atoms with Gasteiger partial charge in [-0.3, -0.25) is 4.79 Å². The maximum absolute atomic E-state index is 11.9. The SMILES string of the molecule is CC(C)N(C)CCCNC(=O)c1cc(Cl)ncc1Cl. The Hall–Kier alpha value is -0.840. The molecule has 0 atom stereocenters. The molecule has 106 valence electrons. The van der Waals surface area contributed by atoms with E-state index in [9.17, 15) is 4.79 Å². The number of amides is 1.